The Bertz CT molecular complexity index is 461. The van der Waals surface area contributed by atoms with Crippen LogP contribution in [0.15, 0.2) is 29.4 Å². The number of phenolic OH excluding ortho intramolecular Hbond substituents is 1. The standard InChI is InChI=1S/C12H16N4O2/c1-8-6-11(18)15-12(14-8)16-13-7-9-4-2-3-5-10(9)17/h2-5,7-8,12,14,16-17H,6H2,1H3,(H,15,18)/b13-7+. The molecule has 1 saturated heterocycles. The normalized spacial score (nSPS) is 23.9. The second kappa shape index (κ2) is 5.50. The Morgan fingerprint density at radius 3 is 3.00 bits per heavy atom. The summed E-state index contributed by atoms with van der Waals surface area (Å²) < 4.78 is 0. The lowest BCUT2D eigenvalue weighted by Crippen LogP contribution is -2.60. The lowest BCUT2D eigenvalue weighted by atomic mass is 10.2. The van der Waals surface area contributed by atoms with E-state index in [-0.39, 0.29) is 24.0 Å². The molecule has 1 aromatic carbocycles. The first kappa shape index (κ1) is 12.4. The van der Waals surface area contributed by atoms with Crippen LogP contribution in [0.4, 0.5) is 0 Å². The highest BCUT2D eigenvalue weighted by Crippen LogP contribution is 2.12. The number of amides is 1. The van der Waals surface area contributed by atoms with Gasteiger partial charge < -0.3 is 10.4 Å². The molecule has 4 N–H and O–H groups in total. The van der Waals surface area contributed by atoms with Crippen molar-refractivity contribution < 1.29 is 9.90 Å². The third-order valence-corrected chi connectivity index (χ3v) is 2.59. The number of carbonyl (C=O) groups is 1. The fraction of sp³-hybridized carbons (Fsp3) is 0.333. The van der Waals surface area contributed by atoms with Crippen molar-refractivity contribution in [2.75, 3.05) is 0 Å². The van der Waals surface area contributed by atoms with Crippen LogP contribution in [0, 0.1) is 0 Å². The molecule has 0 radical (unpaired) electrons. The quantitative estimate of drug-likeness (QED) is 0.451. The number of hydrogen-bond acceptors (Lipinski definition) is 5. The Morgan fingerprint density at radius 2 is 2.28 bits per heavy atom. The SMILES string of the molecule is CC1CC(=O)NC(N/N=C/c2ccccc2O)N1. The minimum atomic E-state index is -0.386. The maximum absolute atomic E-state index is 11.3. The van der Waals surface area contributed by atoms with Gasteiger partial charge in [-0.05, 0) is 19.1 Å². The fourth-order valence-corrected chi connectivity index (χ4v) is 1.73. The number of aromatic hydroxyl groups is 1. The highest BCUT2D eigenvalue weighted by molar-refractivity contribution is 5.83. The number of hydrazone groups is 1. The molecule has 1 aromatic rings. The van der Waals surface area contributed by atoms with Crippen LogP contribution >= 0.6 is 0 Å². The van der Waals surface area contributed by atoms with Gasteiger partial charge in [0.15, 0.2) is 6.29 Å². The van der Waals surface area contributed by atoms with Crippen molar-refractivity contribution in [1.82, 2.24) is 16.1 Å². The van der Waals surface area contributed by atoms with E-state index in [1.165, 1.54) is 6.21 Å². The summed E-state index contributed by atoms with van der Waals surface area (Å²) in [7, 11) is 0. The van der Waals surface area contributed by atoms with Gasteiger partial charge >= 0.3 is 0 Å². The van der Waals surface area contributed by atoms with Crippen LogP contribution in [0.2, 0.25) is 0 Å². The Kier molecular flexibility index (Phi) is 3.78. The van der Waals surface area contributed by atoms with Gasteiger partial charge in [-0.3, -0.25) is 15.5 Å². The summed E-state index contributed by atoms with van der Waals surface area (Å²) in [6.45, 7) is 1.93. The minimum absolute atomic E-state index is 0.0171. The van der Waals surface area contributed by atoms with Crippen LogP contribution in [-0.2, 0) is 4.79 Å². The predicted molar refractivity (Wildman–Crippen MR) is 68.0 cm³/mol. The number of hydrogen-bond donors (Lipinski definition) is 4. The van der Waals surface area contributed by atoms with Crippen molar-refractivity contribution in [2.24, 2.45) is 5.10 Å². The van der Waals surface area contributed by atoms with Crippen molar-refractivity contribution >= 4 is 12.1 Å². The summed E-state index contributed by atoms with van der Waals surface area (Å²) in [4.78, 5) is 11.3. The van der Waals surface area contributed by atoms with Crippen molar-refractivity contribution in [3.63, 3.8) is 0 Å². The Morgan fingerprint density at radius 1 is 1.50 bits per heavy atom. The van der Waals surface area contributed by atoms with E-state index in [2.05, 4.69) is 21.2 Å². The van der Waals surface area contributed by atoms with Crippen LogP contribution < -0.4 is 16.1 Å². The molecular formula is C12H16N4O2. The van der Waals surface area contributed by atoms with E-state index in [9.17, 15) is 9.90 Å². The number of carbonyl (C=O) groups excluding carboxylic acids is 1. The van der Waals surface area contributed by atoms with Crippen LogP contribution in [0.3, 0.4) is 0 Å². The van der Waals surface area contributed by atoms with E-state index in [4.69, 9.17) is 0 Å². The maximum atomic E-state index is 11.3. The summed E-state index contributed by atoms with van der Waals surface area (Å²) in [5, 5.41) is 19.3. The van der Waals surface area contributed by atoms with Crippen molar-refractivity contribution in [3.05, 3.63) is 29.8 Å². The van der Waals surface area contributed by atoms with E-state index < -0.39 is 0 Å². The van der Waals surface area contributed by atoms with E-state index >= 15 is 0 Å². The van der Waals surface area contributed by atoms with Gasteiger partial charge in [0.25, 0.3) is 0 Å². The zero-order valence-electron chi connectivity index (χ0n) is 10.1. The highest BCUT2D eigenvalue weighted by Gasteiger charge is 2.21. The lowest BCUT2D eigenvalue weighted by Gasteiger charge is -2.28. The molecule has 6 heteroatoms. The molecule has 2 unspecified atom stereocenters. The van der Waals surface area contributed by atoms with Crippen molar-refractivity contribution in [1.29, 1.82) is 0 Å². The van der Waals surface area contributed by atoms with E-state index in [0.717, 1.165) is 0 Å². The molecule has 2 atom stereocenters. The Balaban J connectivity index is 1.91. The highest BCUT2D eigenvalue weighted by atomic mass is 16.3. The van der Waals surface area contributed by atoms with Gasteiger partial charge in [-0.25, -0.2) is 0 Å². The second-order valence-electron chi connectivity index (χ2n) is 4.22. The molecule has 0 spiro atoms. The summed E-state index contributed by atoms with van der Waals surface area (Å²) in [6, 6.07) is 6.99. The van der Waals surface area contributed by atoms with Crippen molar-refractivity contribution in [3.8, 4) is 5.75 Å². The fourth-order valence-electron chi connectivity index (χ4n) is 1.73. The number of para-hydroxylation sites is 1. The van der Waals surface area contributed by atoms with E-state index in [0.29, 0.717) is 12.0 Å². The number of rotatable bonds is 3. The molecule has 0 bridgehead atoms. The summed E-state index contributed by atoms with van der Waals surface area (Å²) in [5.74, 6) is 0.147. The maximum Gasteiger partial charge on any atom is 0.224 e. The molecule has 0 saturated carbocycles. The number of nitrogens with zero attached hydrogens (tertiary/aromatic N) is 1. The average molecular weight is 248 g/mol. The molecule has 1 fully saturated rings. The smallest absolute Gasteiger partial charge is 0.224 e. The Hall–Kier alpha value is -2.08. The molecule has 1 amide bonds. The predicted octanol–water partition coefficient (Wildman–Crippen LogP) is 0.0973. The lowest BCUT2D eigenvalue weighted by molar-refractivity contribution is -0.124. The zero-order chi connectivity index (χ0) is 13.0. The van der Waals surface area contributed by atoms with Crippen LogP contribution in [-0.4, -0.2) is 29.6 Å². The number of nitrogens with one attached hydrogen (secondary N) is 3. The molecular weight excluding hydrogens is 232 g/mol. The molecule has 0 aliphatic carbocycles. The van der Waals surface area contributed by atoms with Crippen LogP contribution in [0.1, 0.15) is 18.9 Å². The van der Waals surface area contributed by atoms with Gasteiger partial charge in [0.2, 0.25) is 5.91 Å². The molecule has 96 valence electrons. The molecule has 1 aliphatic rings. The average Bonchev–Trinajstić information content (AvgIpc) is 2.30. The minimum Gasteiger partial charge on any atom is -0.507 e. The van der Waals surface area contributed by atoms with E-state index in [1.807, 2.05) is 13.0 Å². The van der Waals surface area contributed by atoms with Crippen LogP contribution in [0.25, 0.3) is 0 Å². The first-order valence-corrected chi connectivity index (χ1v) is 5.77. The van der Waals surface area contributed by atoms with Gasteiger partial charge in [-0.1, -0.05) is 12.1 Å². The zero-order valence-corrected chi connectivity index (χ0v) is 10.1. The molecule has 6 nitrogen and oxygen atoms in total. The van der Waals surface area contributed by atoms with Crippen LogP contribution in [0.5, 0.6) is 5.75 Å². The Labute approximate surface area is 105 Å². The largest absolute Gasteiger partial charge is 0.507 e. The van der Waals surface area contributed by atoms with Gasteiger partial charge in [0, 0.05) is 18.0 Å². The second-order valence-corrected chi connectivity index (χ2v) is 4.22. The third-order valence-electron chi connectivity index (χ3n) is 2.59. The molecule has 1 heterocycles. The van der Waals surface area contributed by atoms with Gasteiger partial charge in [-0.15, -0.1) is 0 Å². The molecule has 1 aliphatic heterocycles. The topological polar surface area (TPSA) is 85.8 Å². The van der Waals surface area contributed by atoms with Crippen molar-refractivity contribution in [2.45, 2.75) is 25.7 Å². The first-order valence-electron chi connectivity index (χ1n) is 5.77. The molecule has 0 aromatic heterocycles. The number of phenols is 1. The number of benzene rings is 1. The summed E-state index contributed by atoms with van der Waals surface area (Å²) in [5.41, 5.74) is 3.38. The third kappa shape index (κ3) is 3.21. The van der Waals surface area contributed by atoms with Gasteiger partial charge in [0.05, 0.1) is 6.21 Å². The van der Waals surface area contributed by atoms with Gasteiger partial charge in [0.1, 0.15) is 5.75 Å². The molecule has 18 heavy (non-hydrogen) atoms. The van der Waals surface area contributed by atoms with Gasteiger partial charge in [-0.2, -0.15) is 5.10 Å². The monoisotopic (exact) mass is 248 g/mol. The molecule has 2 rings (SSSR count). The summed E-state index contributed by atoms with van der Waals surface area (Å²) in [6.07, 6.45) is 1.58. The summed E-state index contributed by atoms with van der Waals surface area (Å²) >= 11 is 0. The first-order chi connectivity index (χ1) is 8.65. The van der Waals surface area contributed by atoms with E-state index in [1.54, 1.807) is 18.2 Å².